The summed E-state index contributed by atoms with van der Waals surface area (Å²) in [6.07, 6.45) is 1.50. The van der Waals surface area contributed by atoms with Gasteiger partial charge in [-0.3, -0.25) is 19.3 Å². The lowest BCUT2D eigenvalue weighted by molar-refractivity contribution is -0.138. The predicted molar refractivity (Wildman–Crippen MR) is 161 cm³/mol. The van der Waals surface area contributed by atoms with Crippen molar-refractivity contribution in [3.63, 3.8) is 0 Å². The number of carbonyl (C=O) groups excluding carboxylic acids is 3. The molecular formula is C32H29N3O6S. The fraction of sp³-hybridized carbons (Fsp3) is 0.156. The van der Waals surface area contributed by atoms with E-state index >= 15 is 0 Å². The number of rotatable bonds is 10. The number of benzene rings is 3. The Morgan fingerprint density at radius 1 is 0.881 bits per heavy atom. The van der Waals surface area contributed by atoms with Crippen molar-refractivity contribution < 1.29 is 28.3 Å². The molecule has 1 aromatic heterocycles. The first-order valence-corrected chi connectivity index (χ1v) is 13.9. The molecule has 3 amide bonds. The standard InChI is InChI=1S/C32H29N3O6S/c1-19-10-11-22(15-20(19)2)33-28-29(32(38)35(31(28)37)18-24-8-6-14-41-24)42-25-9-5-7-21(16-25)34-30(36)26-13-12-23(39-3)17-27(26)40-4/h5-17,33H,18H2,1-4H3,(H,34,36). The third-order valence-electron chi connectivity index (χ3n) is 6.76. The predicted octanol–water partition coefficient (Wildman–Crippen LogP) is 6.15. The number of imide groups is 1. The van der Waals surface area contributed by atoms with Crippen LogP contribution in [0.25, 0.3) is 0 Å². The molecule has 0 bridgehead atoms. The zero-order chi connectivity index (χ0) is 29.8. The second-order valence-electron chi connectivity index (χ2n) is 9.55. The molecule has 4 aromatic rings. The molecule has 10 heteroatoms. The van der Waals surface area contributed by atoms with Crippen molar-refractivity contribution in [3.8, 4) is 11.5 Å². The molecule has 0 aliphatic carbocycles. The number of nitrogens with zero attached hydrogens (tertiary/aromatic N) is 1. The molecule has 2 N–H and O–H groups in total. The SMILES string of the molecule is COc1ccc(C(=O)Nc2cccc(SC3=C(Nc4ccc(C)c(C)c4)C(=O)N(Cc4ccco4)C3=O)c2)c(OC)c1. The molecule has 214 valence electrons. The maximum atomic E-state index is 13.6. The normalized spacial score (nSPS) is 13.0. The van der Waals surface area contributed by atoms with Crippen molar-refractivity contribution in [3.05, 3.63) is 112 Å². The van der Waals surface area contributed by atoms with Gasteiger partial charge < -0.3 is 24.5 Å². The Morgan fingerprint density at radius 3 is 2.43 bits per heavy atom. The van der Waals surface area contributed by atoms with E-state index in [-0.39, 0.29) is 23.1 Å². The summed E-state index contributed by atoms with van der Waals surface area (Å²) in [5.74, 6) is 0.170. The summed E-state index contributed by atoms with van der Waals surface area (Å²) in [6, 6.07) is 21.2. The average molecular weight is 584 g/mol. The minimum absolute atomic E-state index is 0.00657. The number of anilines is 2. The molecule has 9 nitrogen and oxygen atoms in total. The first-order chi connectivity index (χ1) is 20.3. The minimum Gasteiger partial charge on any atom is -0.497 e. The maximum Gasteiger partial charge on any atom is 0.278 e. The molecule has 42 heavy (non-hydrogen) atoms. The van der Waals surface area contributed by atoms with Crippen LogP contribution < -0.4 is 20.1 Å². The Bertz CT molecular complexity index is 1700. The fourth-order valence-corrected chi connectivity index (χ4v) is 5.37. The first-order valence-electron chi connectivity index (χ1n) is 13.1. The number of hydrogen-bond acceptors (Lipinski definition) is 8. The number of aryl methyl sites for hydroxylation is 2. The summed E-state index contributed by atoms with van der Waals surface area (Å²) in [5, 5.41) is 6.06. The van der Waals surface area contributed by atoms with E-state index in [4.69, 9.17) is 13.9 Å². The van der Waals surface area contributed by atoms with Crippen LogP contribution >= 0.6 is 11.8 Å². The zero-order valence-electron chi connectivity index (χ0n) is 23.5. The van der Waals surface area contributed by atoms with Gasteiger partial charge in [-0.1, -0.05) is 23.9 Å². The van der Waals surface area contributed by atoms with Crippen molar-refractivity contribution in [2.75, 3.05) is 24.9 Å². The van der Waals surface area contributed by atoms with Gasteiger partial charge in [0.1, 0.15) is 27.9 Å². The lowest BCUT2D eigenvalue weighted by Crippen LogP contribution is -2.31. The van der Waals surface area contributed by atoms with E-state index in [9.17, 15) is 14.4 Å². The Morgan fingerprint density at radius 2 is 1.71 bits per heavy atom. The van der Waals surface area contributed by atoms with E-state index in [0.717, 1.165) is 27.8 Å². The van der Waals surface area contributed by atoms with Crippen molar-refractivity contribution in [1.29, 1.82) is 0 Å². The van der Waals surface area contributed by atoms with Gasteiger partial charge in [0.15, 0.2) is 0 Å². The van der Waals surface area contributed by atoms with E-state index < -0.39 is 11.8 Å². The van der Waals surface area contributed by atoms with Crippen LogP contribution in [0.15, 0.2) is 99.0 Å². The highest BCUT2D eigenvalue weighted by Gasteiger charge is 2.39. The van der Waals surface area contributed by atoms with Crippen molar-refractivity contribution in [2.24, 2.45) is 0 Å². The van der Waals surface area contributed by atoms with Gasteiger partial charge in [-0.25, -0.2) is 0 Å². The Kier molecular flexibility index (Phi) is 8.35. The van der Waals surface area contributed by atoms with Gasteiger partial charge in [0.05, 0.1) is 32.6 Å². The molecule has 1 aliphatic rings. The number of amides is 3. The molecule has 0 radical (unpaired) electrons. The number of furan rings is 1. The molecular weight excluding hydrogens is 554 g/mol. The van der Waals surface area contributed by atoms with Crippen LogP contribution in [-0.2, 0) is 16.1 Å². The van der Waals surface area contributed by atoms with Gasteiger partial charge in [0.2, 0.25) is 0 Å². The van der Waals surface area contributed by atoms with E-state index in [2.05, 4.69) is 10.6 Å². The highest BCUT2D eigenvalue weighted by molar-refractivity contribution is 8.04. The van der Waals surface area contributed by atoms with E-state index in [1.54, 1.807) is 48.5 Å². The highest BCUT2D eigenvalue weighted by Crippen LogP contribution is 2.37. The van der Waals surface area contributed by atoms with Crippen molar-refractivity contribution in [1.82, 2.24) is 4.90 Å². The number of ether oxygens (including phenoxy) is 2. The average Bonchev–Trinajstić information content (AvgIpc) is 3.58. The number of hydrogen-bond donors (Lipinski definition) is 2. The Balaban J connectivity index is 1.42. The van der Waals surface area contributed by atoms with E-state index in [0.29, 0.717) is 39.1 Å². The molecule has 0 unspecified atom stereocenters. The first kappa shape index (κ1) is 28.6. The summed E-state index contributed by atoms with van der Waals surface area (Å²) < 4.78 is 16.0. The topological polar surface area (TPSA) is 110 Å². The number of nitrogens with one attached hydrogen (secondary N) is 2. The van der Waals surface area contributed by atoms with Crippen LogP contribution in [0.4, 0.5) is 11.4 Å². The largest absolute Gasteiger partial charge is 0.497 e. The molecule has 2 heterocycles. The van der Waals surface area contributed by atoms with Gasteiger partial charge in [0.25, 0.3) is 17.7 Å². The summed E-state index contributed by atoms with van der Waals surface area (Å²) >= 11 is 1.15. The third kappa shape index (κ3) is 6.03. The summed E-state index contributed by atoms with van der Waals surface area (Å²) in [6.45, 7) is 3.99. The van der Waals surface area contributed by atoms with Gasteiger partial charge in [-0.05, 0) is 79.6 Å². The van der Waals surface area contributed by atoms with Crippen LogP contribution in [0.5, 0.6) is 11.5 Å². The van der Waals surface area contributed by atoms with Gasteiger partial charge in [-0.2, -0.15) is 0 Å². The summed E-state index contributed by atoms with van der Waals surface area (Å²) in [4.78, 5) is 42.2. The number of methoxy groups -OCH3 is 2. The van der Waals surface area contributed by atoms with Gasteiger partial charge >= 0.3 is 0 Å². The second-order valence-corrected chi connectivity index (χ2v) is 10.6. The maximum absolute atomic E-state index is 13.6. The van der Waals surface area contributed by atoms with Gasteiger partial charge in [0, 0.05) is 22.3 Å². The summed E-state index contributed by atoms with van der Waals surface area (Å²) in [7, 11) is 3.02. The molecule has 0 saturated heterocycles. The highest BCUT2D eigenvalue weighted by atomic mass is 32.2. The zero-order valence-corrected chi connectivity index (χ0v) is 24.3. The fourth-order valence-electron chi connectivity index (χ4n) is 4.36. The van der Waals surface area contributed by atoms with E-state index in [1.807, 2.05) is 38.1 Å². The molecule has 1 aliphatic heterocycles. The van der Waals surface area contributed by atoms with Crippen LogP contribution in [0, 0.1) is 13.8 Å². The quantitative estimate of drug-likeness (QED) is 0.214. The lowest BCUT2D eigenvalue weighted by atomic mass is 10.1. The van der Waals surface area contributed by atoms with E-state index in [1.165, 1.54) is 20.5 Å². The third-order valence-corrected chi connectivity index (χ3v) is 7.83. The molecule has 0 spiro atoms. The second kappa shape index (κ2) is 12.3. The molecule has 0 atom stereocenters. The van der Waals surface area contributed by atoms with Crippen LogP contribution in [0.2, 0.25) is 0 Å². The molecule has 5 rings (SSSR count). The number of thioether (sulfide) groups is 1. The number of carbonyl (C=O) groups is 3. The molecule has 3 aromatic carbocycles. The Labute approximate surface area is 247 Å². The lowest BCUT2D eigenvalue weighted by Gasteiger charge is -2.14. The van der Waals surface area contributed by atoms with Gasteiger partial charge in [-0.15, -0.1) is 0 Å². The smallest absolute Gasteiger partial charge is 0.278 e. The molecule has 0 fully saturated rings. The van der Waals surface area contributed by atoms with Crippen molar-refractivity contribution in [2.45, 2.75) is 25.3 Å². The monoisotopic (exact) mass is 583 g/mol. The Hall–Kier alpha value is -4.96. The van der Waals surface area contributed by atoms with Crippen LogP contribution in [0.3, 0.4) is 0 Å². The minimum atomic E-state index is -0.451. The molecule has 0 saturated carbocycles. The summed E-state index contributed by atoms with van der Waals surface area (Å²) in [5.41, 5.74) is 3.89. The van der Waals surface area contributed by atoms with Crippen LogP contribution in [-0.4, -0.2) is 36.8 Å². The van der Waals surface area contributed by atoms with Crippen molar-refractivity contribution >= 4 is 40.9 Å². The van der Waals surface area contributed by atoms with Crippen LogP contribution in [0.1, 0.15) is 27.2 Å².